The van der Waals surface area contributed by atoms with Crippen molar-refractivity contribution in [1.29, 1.82) is 0 Å². The van der Waals surface area contributed by atoms with Gasteiger partial charge in [0.25, 0.3) is 0 Å². The second kappa shape index (κ2) is 5.29. The Balaban J connectivity index is 3.49. The molecular weight excluding hydrogens is 196 g/mol. The molecule has 0 saturated heterocycles. The van der Waals surface area contributed by atoms with E-state index in [4.69, 9.17) is 6.85 Å². The highest BCUT2D eigenvalue weighted by molar-refractivity contribution is 5.67. The van der Waals surface area contributed by atoms with Gasteiger partial charge in [0.15, 0.2) is 0 Å². The number of carbonyl (C=O) groups excluding carboxylic acids is 1. The van der Waals surface area contributed by atoms with Crippen LogP contribution in [-0.2, 0) is 4.79 Å². The molecule has 0 spiro atoms. The number of carbonyl (C=O) groups is 1. The summed E-state index contributed by atoms with van der Waals surface area (Å²) < 4.78 is 39.2. The topological polar surface area (TPSA) is 17.1 Å². The molecule has 0 aromatic rings. The molecule has 0 saturated carbocycles. The van der Waals surface area contributed by atoms with Gasteiger partial charge in [-0.1, -0.05) is 31.6 Å². The molecule has 0 atom stereocenters. The van der Waals surface area contributed by atoms with E-state index < -0.39 is 18.6 Å². The maximum atomic E-state index is 10.4. The lowest BCUT2D eigenvalue weighted by Crippen LogP contribution is -2.19. The molecule has 0 N–H and O–H groups in total. The van der Waals surface area contributed by atoms with E-state index in [-0.39, 0.29) is 12.0 Å². The van der Waals surface area contributed by atoms with Gasteiger partial charge in [-0.15, -0.1) is 0 Å². The standard InChI is InChI=1S/C15H22O/c1-12(9-11-16)7-8-14-13(2)6-5-10-15(14,3)4/h7-9,11H,5-6,10H2,1-4H3/b8-7+,12-9+/i2D3,6D2. The summed E-state index contributed by atoms with van der Waals surface area (Å²) in [6.45, 7) is 3.12. The van der Waals surface area contributed by atoms with Crippen LogP contribution in [0.4, 0.5) is 0 Å². The fourth-order valence-electron chi connectivity index (χ4n) is 1.75. The first-order chi connectivity index (χ1) is 9.42. The van der Waals surface area contributed by atoms with Gasteiger partial charge in [0.1, 0.15) is 6.29 Å². The fourth-order valence-corrected chi connectivity index (χ4v) is 1.75. The Hall–Kier alpha value is -1.11. The monoisotopic (exact) mass is 223 g/mol. The van der Waals surface area contributed by atoms with E-state index in [0.29, 0.717) is 23.9 Å². The van der Waals surface area contributed by atoms with Crippen molar-refractivity contribution in [2.24, 2.45) is 5.41 Å². The van der Waals surface area contributed by atoms with Crippen LogP contribution in [0.2, 0.25) is 0 Å². The van der Waals surface area contributed by atoms with E-state index in [1.165, 1.54) is 6.08 Å². The highest BCUT2D eigenvalue weighted by Gasteiger charge is 2.26. The molecule has 0 fully saturated rings. The summed E-state index contributed by atoms with van der Waals surface area (Å²) in [5.41, 5.74) is 0.691. The van der Waals surface area contributed by atoms with Crippen molar-refractivity contribution < 1.29 is 11.6 Å². The summed E-state index contributed by atoms with van der Waals surface area (Å²) in [5, 5.41) is 0. The quantitative estimate of drug-likeness (QED) is 0.398. The first-order valence-corrected chi connectivity index (χ1v) is 5.48. The van der Waals surface area contributed by atoms with E-state index in [9.17, 15) is 4.79 Å². The van der Waals surface area contributed by atoms with Gasteiger partial charge < -0.3 is 0 Å². The van der Waals surface area contributed by atoms with Gasteiger partial charge >= 0.3 is 0 Å². The number of hydrogen-bond acceptors (Lipinski definition) is 1. The molecule has 0 radical (unpaired) electrons. The van der Waals surface area contributed by atoms with Crippen LogP contribution in [-0.4, -0.2) is 6.29 Å². The highest BCUT2D eigenvalue weighted by atomic mass is 16.1. The lowest BCUT2D eigenvalue weighted by molar-refractivity contribution is -0.104. The van der Waals surface area contributed by atoms with Gasteiger partial charge in [-0.05, 0) is 55.6 Å². The van der Waals surface area contributed by atoms with E-state index in [2.05, 4.69) is 0 Å². The summed E-state index contributed by atoms with van der Waals surface area (Å²) in [5.74, 6) is 0. The van der Waals surface area contributed by atoms with Crippen LogP contribution in [0.15, 0.2) is 34.9 Å². The molecule has 0 bridgehead atoms. The Kier molecular flexibility index (Phi) is 2.40. The predicted molar refractivity (Wildman–Crippen MR) is 69.3 cm³/mol. The van der Waals surface area contributed by atoms with Crippen LogP contribution in [0.1, 0.15) is 53.7 Å². The molecule has 1 nitrogen and oxygen atoms in total. The van der Waals surface area contributed by atoms with E-state index in [1.54, 1.807) is 19.1 Å². The van der Waals surface area contributed by atoms with Crippen LogP contribution in [0.3, 0.4) is 0 Å². The van der Waals surface area contributed by atoms with Crippen LogP contribution in [0.5, 0.6) is 0 Å². The Morgan fingerprint density at radius 1 is 1.56 bits per heavy atom. The van der Waals surface area contributed by atoms with E-state index in [0.717, 1.165) is 0 Å². The van der Waals surface area contributed by atoms with Crippen LogP contribution < -0.4 is 0 Å². The second-order valence-electron chi connectivity index (χ2n) is 4.73. The lowest BCUT2D eigenvalue weighted by atomic mass is 9.72. The van der Waals surface area contributed by atoms with Gasteiger partial charge in [0.05, 0.1) is 0 Å². The summed E-state index contributed by atoms with van der Waals surface area (Å²) in [6, 6.07) is 0. The Morgan fingerprint density at radius 2 is 2.31 bits per heavy atom. The maximum absolute atomic E-state index is 10.4. The Labute approximate surface area is 106 Å². The van der Waals surface area contributed by atoms with Crippen molar-refractivity contribution in [3.8, 4) is 0 Å². The largest absolute Gasteiger partial charge is 0.299 e. The maximum Gasteiger partial charge on any atom is 0.143 e. The van der Waals surface area contributed by atoms with Crippen molar-refractivity contribution in [2.75, 3.05) is 0 Å². The van der Waals surface area contributed by atoms with Crippen molar-refractivity contribution >= 4 is 6.29 Å². The fraction of sp³-hybridized carbons (Fsp3) is 0.533. The summed E-state index contributed by atoms with van der Waals surface area (Å²) in [6.07, 6.45) is 4.32. The second-order valence-corrected chi connectivity index (χ2v) is 4.73. The smallest absolute Gasteiger partial charge is 0.143 e. The van der Waals surface area contributed by atoms with E-state index in [1.807, 2.05) is 13.8 Å². The summed E-state index contributed by atoms with van der Waals surface area (Å²) >= 11 is 0. The number of aldehydes is 1. The van der Waals surface area contributed by atoms with Crippen LogP contribution >= 0.6 is 0 Å². The SMILES string of the molecule is [2H]C([2H])([2H])C1=C(/C=C/C(C)=C/C=O)C(C)(C)CCC1([2H])[2H]. The highest BCUT2D eigenvalue weighted by Crippen LogP contribution is 2.40. The normalized spacial score (nSPS) is 30.2. The summed E-state index contributed by atoms with van der Waals surface area (Å²) in [4.78, 5) is 10.4. The van der Waals surface area contributed by atoms with Crippen molar-refractivity contribution in [3.05, 3.63) is 34.9 Å². The molecule has 1 aliphatic carbocycles. The van der Waals surface area contributed by atoms with E-state index >= 15 is 0 Å². The number of hydrogen-bond donors (Lipinski definition) is 0. The molecule has 1 rings (SSSR count). The zero-order chi connectivity index (χ0) is 16.5. The zero-order valence-electron chi connectivity index (χ0n) is 15.1. The Morgan fingerprint density at radius 3 is 2.94 bits per heavy atom. The number of allylic oxidation sites excluding steroid dienone is 6. The minimum atomic E-state index is -2.47. The van der Waals surface area contributed by atoms with Crippen molar-refractivity contribution in [2.45, 2.75) is 46.8 Å². The molecule has 0 aromatic heterocycles. The molecule has 0 aromatic carbocycles. The Bertz CT molecular complexity index is 507. The van der Waals surface area contributed by atoms with Crippen molar-refractivity contribution in [3.63, 3.8) is 0 Å². The minimum Gasteiger partial charge on any atom is -0.299 e. The first kappa shape index (κ1) is 7.26. The molecule has 0 unspecified atom stereocenters. The molecule has 88 valence electrons. The number of rotatable bonds is 3. The minimum absolute atomic E-state index is 0.110. The van der Waals surface area contributed by atoms with Crippen LogP contribution in [0.25, 0.3) is 0 Å². The molecule has 1 heteroatoms. The molecule has 0 amide bonds. The summed E-state index contributed by atoms with van der Waals surface area (Å²) in [7, 11) is 0. The molecule has 0 aliphatic heterocycles. The van der Waals surface area contributed by atoms with Gasteiger partial charge in [-0.2, -0.15) is 0 Å². The molecule has 0 heterocycles. The lowest BCUT2D eigenvalue weighted by Gasteiger charge is -2.32. The zero-order valence-corrected chi connectivity index (χ0v) is 10.1. The van der Waals surface area contributed by atoms with Crippen LogP contribution in [0, 0.1) is 5.41 Å². The van der Waals surface area contributed by atoms with Gasteiger partial charge in [-0.25, -0.2) is 0 Å². The third kappa shape index (κ3) is 3.19. The van der Waals surface area contributed by atoms with Gasteiger partial charge in [0.2, 0.25) is 0 Å². The third-order valence-corrected chi connectivity index (χ3v) is 2.89. The molecular formula is C15H22O. The average Bonchev–Trinajstić information content (AvgIpc) is 2.29. The molecule has 1 aliphatic rings. The predicted octanol–water partition coefficient (Wildman–Crippen LogP) is 4.21. The first-order valence-electron chi connectivity index (χ1n) is 7.98. The van der Waals surface area contributed by atoms with Gasteiger partial charge in [0, 0.05) is 6.85 Å². The third-order valence-electron chi connectivity index (χ3n) is 2.89. The molecule has 16 heavy (non-hydrogen) atoms. The average molecular weight is 223 g/mol. The van der Waals surface area contributed by atoms with Crippen molar-refractivity contribution in [1.82, 2.24) is 0 Å². The van der Waals surface area contributed by atoms with Gasteiger partial charge in [-0.3, -0.25) is 4.79 Å².